The van der Waals surface area contributed by atoms with Gasteiger partial charge in [0.15, 0.2) is 0 Å². The highest BCUT2D eigenvalue weighted by molar-refractivity contribution is 5.45. The molecule has 0 amide bonds. The van der Waals surface area contributed by atoms with Crippen molar-refractivity contribution in [2.45, 2.75) is 18.6 Å². The van der Waals surface area contributed by atoms with Gasteiger partial charge in [0, 0.05) is 24.1 Å². The van der Waals surface area contributed by atoms with E-state index < -0.39 is 17.1 Å². The van der Waals surface area contributed by atoms with Crippen molar-refractivity contribution in [3.63, 3.8) is 0 Å². The van der Waals surface area contributed by atoms with E-state index in [0.29, 0.717) is 22.6 Å². The Hall–Kier alpha value is -3.52. The van der Waals surface area contributed by atoms with Gasteiger partial charge < -0.3 is 14.6 Å². The molecule has 2 aromatic carbocycles. The summed E-state index contributed by atoms with van der Waals surface area (Å²) < 4.78 is 25.0. The van der Waals surface area contributed by atoms with E-state index in [2.05, 4.69) is 4.98 Å². The molecule has 0 radical (unpaired) electrons. The van der Waals surface area contributed by atoms with E-state index >= 15 is 0 Å². The smallest absolute Gasteiger partial charge is 0.287 e. The van der Waals surface area contributed by atoms with Gasteiger partial charge in [0.2, 0.25) is 5.88 Å². The Kier molecular flexibility index (Phi) is 4.62. The molecule has 4 rings (SSSR count). The van der Waals surface area contributed by atoms with Crippen molar-refractivity contribution in [3.8, 4) is 17.4 Å². The lowest BCUT2D eigenvalue weighted by atomic mass is 9.95. The fourth-order valence-electron chi connectivity index (χ4n) is 3.06. The molecule has 0 saturated carbocycles. The van der Waals surface area contributed by atoms with Crippen LogP contribution in [0.1, 0.15) is 29.8 Å². The molecule has 0 saturated heterocycles. The quantitative estimate of drug-likeness (QED) is 0.528. The van der Waals surface area contributed by atoms with Gasteiger partial charge in [-0.25, -0.2) is 9.37 Å². The molecule has 1 N–H and O–H groups in total. The summed E-state index contributed by atoms with van der Waals surface area (Å²) >= 11 is 0. The van der Waals surface area contributed by atoms with Crippen molar-refractivity contribution in [2.75, 3.05) is 0 Å². The highest BCUT2D eigenvalue weighted by atomic mass is 19.1. The largest absolute Gasteiger partial charge is 0.485 e. The second-order valence-corrected chi connectivity index (χ2v) is 6.33. The zero-order valence-corrected chi connectivity index (χ0v) is 14.5. The van der Waals surface area contributed by atoms with Crippen molar-refractivity contribution in [1.29, 1.82) is 0 Å². The Morgan fingerprint density at radius 1 is 1.21 bits per heavy atom. The highest BCUT2D eigenvalue weighted by Crippen LogP contribution is 2.42. The second-order valence-electron chi connectivity index (χ2n) is 6.33. The lowest BCUT2D eigenvalue weighted by Crippen LogP contribution is -2.19. The summed E-state index contributed by atoms with van der Waals surface area (Å²) in [6.45, 7) is 0. The van der Waals surface area contributed by atoms with Crippen LogP contribution in [0.25, 0.3) is 0 Å². The number of aliphatic hydroxyl groups is 1. The van der Waals surface area contributed by atoms with E-state index in [1.165, 1.54) is 24.3 Å². The lowest BCUT2D eigenvalue weighted by Gasteiger charge is -2.30. The third kappa shape index (κ3) is 3.63. The third-order valence-corrected chi connectivity index (χ3v) is 4.42. The first-order chi connectivity index (χ1) is 13.5. The summed E-state index contributed by atoms with van der Waals surface area (Å²) in [5.74, 6) is 0.721. The molecular formula is C20H15FN2O5. The van der Waals surface area contributed by atoms with Gasteiger partial charge in [-0.15, -0.1) is 0 Å². The Labute approximate surface area is 159 Å². The summed E-state index contributed by atoms with van der Waals surface area (Å²) in [7, 11) is 0. The summed E-state index contributed by atoms with van der Waals surface area (Å²) in [4.78, 5) is 14.0. The average Bonchev–Trinajstić information content (AvgIpc) is 2.69. The van der Waals surface area contributed by atoms with Crippen LogP contribution in [0.3, 0.4) is 0 Å². The normalized spacial score (nSPS) is 18.1. The van der Waals surface area contributed by atoms with Crippen molar-refractivity contribution < 1.29 is 23.9 Å². The van der Waals surface area contributed by atoms with Crippen molar-refractivity contribution >= 4 is 5.69 Å². The van der Waals surface area contributed by atoms with Gasteiger partial charge in [-0.05, 0) is 35.9 Å². The molecule has 1 aliphatic heterocycles. The second kappa shape index (κ2) is 7.24. The maximum atomic E-state index is 13.5. The van der Waals surface area contributed by atoms with Gasteiger partial charge >= 0.3 is 0 Å². The lowest BCUT2D eigenvalue weighted by molar-refractivity contribution is -0.385. The van der Waals surface area contributed by atoms with Gasteiger partial charge in [0.25, 0.3) is 5.69 Å². The standard InChI is InChI=1S/C20H15FN2O5/c21-13-3-1-2-12(8-13)19-10-17(24)16-9-15(5-6-18(16)28-19)27-20-7-4-14(11-22-20)23(25)26/h1-9,11,17,19,24H,10H2. The number of rotatable bonds is 4. The number of halogens is 1. The molecule has 28 heavy (non-hydrogen) atoms. The molecule has 1 aromatic heterocycles. The molecule has 142 valence electrons. The minimum atomic E-state index is -0.814. The van der Waals surface area contributed by atoms with Gasteiger partial charge in [0.05, 0.1) is 11.0 Å². The van der Waals surface area contributed by atoms with Gasteiger partial charge in [0.1, 0.15) is 29.6 Å². The van der Waals surface area contributed by atoms with Gasteiger partial charge in [-0.1, -0.05) is 12.1 Å². The SMILES string of the molecule is O=[N+]([O-])c1ccc(Oc2ccc3c(c2)C(O)CC(c2cccc(F)c2)O3)nc1. The highest BCUT2D eigenvalue weighted by Gasteiger charge is 2.28. The van der Waals surface area contributed by atoms with Crippen molar-refractivity contribution in [2.24, 2.45) is 0 Å². The van der Waals surface area contributed by atoms with E-state index in [1.807, 2.05) is 0 Å². The molecule has 2 unspecified atom stereocenters. The number of aromatic nitrogens is 1. The summed E-state index contributed by atoms with van der Waals surface area (Å²) in [5, 5.41) is 21.2. The monoisotopic (exact) mass is 382 g/mol. The van der Waals surface area contributed by atoms with E-state index in [9.17, 15) is 19.6 Å². The molecule has 2 heterocycles. The maximum Gasteiger partial charge on any atom is 0.287 e. The Morgan fingerprint density at radius 2 is 2.07 bits per heavy atom. The fraction of sp³-hybridized carbons (Fsp3) is 0.150. The predicted octanol–water partition coefficient (Wildman–Crippen LogP) is 4.48. The Morgan fingerprint density at radius 3 is 2.79 bits per heavy atom. The van der Waals surface area contributed by atoms with Crippen LogP contribution < -0.4 is 9.47 Å². The van der Waals surface area contributed by atoms with Crippen LogP contribution in [-0.4, -0.2) is 15.0 Å². The fourth-order valence-corrected chi connectivity index (χ4v) is 3.06. The minimum absolute atomic E-state index is 0.134. The number of benzene rings is 2. The molecule has 8 heteroatoms. The first-order valence-electron chi connectivity index (χ1n) is 8.52. The van der Waals surface area contributed by atoms with E-state index in [4.69, 9.17) is 9.47 Å². The molecule has 2 atom stereocenters. The molecule has 0 bridgehead atoms. The minimum Gasteiger partial charge on any atom is -0.485 e. The number of hydrogen-bond acceptors (Lipinski definition) is 6. The molecule has 0 spiro atoms. The topological polar surface area (TPSA) is 94.7 Å². The van der Waals surface area contributed by atoms with Crippen LogP contribution in [0.2, 0.25) is 0 Å². The van der Waals surface area contributed by atoms with E-state index in [0.717, 1.165) is 6.20 Å². The number of nitro groups is 1. The average molecular weight is 382 g/mol. The van der Waals surface area contributed by atoms with E-state index in [1.54, 1.807) is 30.3 Å². The van der Waals surface area contributed by atoms with Gasteiger partial charge in [-0.2, -0.15) is 0 Å². The number of hydrogen-bond donors (Lipinski definition) is 1. The summed E-state index contributed by atoms with van der Waals surface area (Å²) in [6.07, 6.45) is 0.108. The van der Waals surface area contributed by atoms with Crippen LogP contribution >= 0.6 is 0 Å². The van der Waals surface area contributed by atoms with Crippen LogP contribution in [0.15, 0.2) is 60.8 Å². The molecular weight excluding hydrogens is 367 g/mol. The van der Waals surface area contributed by atoms with Crippen LogP contribution in [0, 0.1) is 15.9 Å². The summed E-state index contributed by atoms with van der Waals surface area (Å²) in [6, 6.07) is 13.7. The molecule has 3 aromatic rings. The third-order valence-electron chi connectivity index (χ3n) is 4.42. The van der Waals surface area contributed by atoms with Crippen molar-refractivity contribution in [3.05, 3.63) is 87.9 Å². The van der Waals surface area contributed by atoms with Gasteiger partial charge in [-0.3, -0.25) is 10.1 Å². The predicted molar refractivity (Wildman–Crippen MR) is 96.8 cm³/mol. The number of nitrogens with zero attached hydrogens (tertiary/aromatic N) is 2. The number of pyridine rings is 1. The number of ether oxygens (including phenoxy) is 2. The summed E-state index contributed by atoms with van der Waals surface area (Å²) in [5.41, 5.74) is 1.07. The molecule has 7 nitrogen and oxygen atoms in total. The van der Waals surface area contributed by atoms with Crippen LogP contribution in [0.4, 0.5) is 10.1 Å². The Bertz CT molecular complexity index is 1030. The van der Waals surface area contributed by atoms with Crippen LogP contribution in [-0.2, 0) is 0 Å². The first kappa shape index (κ1) is 17.9. The molecule has 0 fully saturated rings. The van der Waals surface area contributed by atoms with Crippen LogP contribution in [0.5, 0.6) is 17.4 Å². The molecule has 1 aliphatic rings. The van der Waals surface area contributed by atoms with Crippen molar-refractivity contribution in [1.82, 2.24) is 4.98 Å². The van der Waals surface area contributed by atoms with E-state index in [-0.39, 0.29) is 23.8 Å². The maximum absolute atomic E-state index is 13.5. The Balaban J connectivity index is 1.54. The first-order valence-corrected chi connectivity index (χ1v) is 8.52. The zero-order valence-electron chi connectivity index (χ0n) is 14.5. The number of fused-ring (bicyclic) bond motifs is 1. The number of aliphatic hydroxyl groups excluding tert-OH is 1. The molecule has 0 aliphatic carbocycles. The zero-order chi connectivity index (χ0) is 19.7.